The number of unbranched alkanes of at least 4 members (excludes halogenated alkanes) is 24. The molecule has 0 bridgehead atoms. The molecule has 0 aliphatic carbocycles. The zero-order valence-electron chi connectivity index (χ0n) is 48.8. The van der Waals surface area contributed by atoms with Gasteiger partial charge in [-0.2, -0.15) is 0 Å². The quantitative estimate of drug-likeness (QED) is 0.0261. The minimum absolute atomic E-state index is 0.115. The number of carbonyl (C=O) groups excluding carboxylic acids is 3. The van der Waals surface area contributed by atoms with Gasteiger partial charge in [-0.05, 0) is 103 Å². The standard InChI is InChI=1S/C69H114O6/c1-4-7-10-13-16-19-22-25-28-31-34-37-40-43-46-49-52-55-58-61-67(70)73-64-66(75-69(72)63-60-57-54-51-48-45-42-39-36-33-30-27-24-21-18-15-12-9-6-3)65-74-68(71)62-59-56-53-50-47-44-41-38-35-32-29-26-23-20-17-14-11-8-5-2/h9,12,16,18-19,21,25,27-28,30,34,36-37,39,43,45-46,48,52,55,66H,4-8,10-11,13-15,17,20,22-24,26,29,31-33,35,38,40-42,44,47,49-51,53-54,56-65H2,1-3H3/b12-9-,19-16-,21-18-,28-25-,30-27-,37-34-,39-36-,46-43-,48-45-,55-52-. The Labute approximate surface area is 462 Å². The van der Waals surface area contributed by atoms with Crippen LogP contribution < -0.4 is 0 Å². The first kappa shape index (κ1) is 70.8. The van der Waals surface area contributed by atoms with Crippen LogP contribution in [-0.2, 0) is 28.6 Å². The molecule has 1 unspecified atom stereocenters. The molecular formula is C69H114O6. The fourth-order valence-electron chi connectivity index (χ4n) is 8.33. The summed E-state index contributed by atoms with van der Waals surface area (Å²) in [6.07, 6.45) is 86.4. The zero-order chi connectivity index (χ0) is 54.3. The van der Waals surface area contributed by atoms with E-state index in [9.17, 15) is 14.4 Å². The molecule has 0 radical (unpaired) electrons. The lowest BCUT2D eigenvalue weighted by molar-refractivity contribution is -0.166. The Morgan fingerprint density at radius 2 is 0.547 bits per heavy atom. The molecular weight excluding hydrogens is 925 g/mol. The summed E-state index contributed by atoms with van der Waals surface area (Å²) in [4.78, 5) is 38.3. The van der Waals surface area contributed by atoms with Crippen molar-refractivity contribution in [3.05, 3.63) is 122 Å². The number of ether oxygens (including phenoxy) is 3. The third kappa shape index (κ3) is 60.6. The number of esters is 3. The van der Waals surface area contributed by atoms with E-state index in [-0.39, 0.29) is 44.0 Å². The first-order valence-corrected chi connectivity index (χ1v) is 31.0. The van der Waals surface area contributed by atoms with Crippen LogP contribution >= 0.6 is 0 Å². The molecule has 0 saturated heterocycles. The van der Waals surface area contributed by atoms with Crippen molar-refractivity contribution >= 4 is 17.9 Å². The molecule has 426 valence electrons. The predicted molar refractivity (Wildman–Crippen MR) is 325 cm³/mol. The van der Waals surface area contributed by atoms with Gasteiger partial charge >= 0.3 is 17.9 Å². The molecule has 0 fully saturated rings. The topological polar surface area (TPSA) is 78.9 Å². The van der Waals surface area contributed by atoms with Gasteiger partial charge in [0.25, 0.3) is 0 Å². The highest BCUT2D eigenvalue weighted by Crippen LogP contribution is 2.16. The fourth-order valence-corrected chi connectivity index (χ4v) is 8.33. The molecule has 0 heterocycles. The van der Waals surface area contributed by atoms with Gasteiger partial charge in [0.2, 0.25) is 0 Å². The van der Waals surface area contributed by atoms with E-state index in [1.807, 2.05) is 6.08 Å². The van der Waals surface area contributed by atoms with E-state index >= 15 is 0 Å². The Kier molecular flexibility index (Phi) is 58.9. The molecule has 6 heteroatoms. The second kappa shape index (κ2) is 62.4. The van der Waals surface area contributed by atoms with Crippen LogP contribution in [0.2, 0.25) is 0 Å². The highest BCUT2D eigenvalue weighted by molar-refractivity contribution is 5.71. The average molecular weight is 1040 g/mol. The highest BCUT2D eigenvalue weighted by atomic mass is 16.6. The van der Waals surface area contributed by atoms with E-state index in [4.69, 9.17) is 14.2 Å². The Balaban J connectivity index is 4.54. The van der Waals surface area contributed by atoms with E-state index in [0.717, 1.165) is 96.3 Å². The summed E-state index contributed by atoms with van der Waals surface area (Å²) in [6.45, 7) is 6.43. The molecule has 75 heavy (non-hydrogen) atoms. The van der Waals surface area contributed by atoms with E-state index in [0.29, 0.717) is 19.3 Å². The van der Waals surface area contributed by atoms with Gasteiger partial charge in [0, 0.05) is 19.3 Å². The van der Waals surface area contributed by atoms with Gasteiger partial charge in [-0.3, -0.25) is 14.4 Å². The number of rotatable bonds is 55. The molecule has 6 nitrogen and oxygen atoms in total. The van der Waals surface area contributed by atoms with Gasteiger partial charge < -0.3 is 14.2 Å². The number of hydrogen-bond acceptors (Lipinski definition) is 6. The van der Waals surface area contributed by atoms with Crippen molar-refractivity contribution in [3.8, 4) is 0 Å². The van der Waals surface area contributed by atoms with Crippen molar-refractivity contribution in [3.63, 3.8) is 0 Å². The molecule has 0 saturated carbocycles. The average Bonchev–Trinajstić information content (AvgIpc) is 3.41. The minimum atomic E-state index is -0.829. The Bertz CT molecular complexity index is 1570. The molecule has 0 aliphatic rings. The fraction of sp³-hybridized carbons (Fsp3) is 0.667. The van der Waals surface area contributed by atoms with Gasteiger partial charge in [0.15, 0.2) is 6.10 Å². The minimum Gasteiger partial charge on any atom is -0.462 e. The monoisotopic (exact) mass is 1040 g/mol. The summed E-state index contributed by atoms with van der Waals surface area (Å²) in [6, 6.07) is 0. The number of allylic oxidation sites excluding steroid dienone is 20. The summed E-state index contributed by atoms with van der Waals surface area (Å²) in [5, 5.41) is 0. The van der Waals surface area contributed by atoms with Crippen molar-refractivity contribution < 1.29 is 28.6 Å². The van der Waals surface area contributed by atoms with E-state index in [1.54, 1.807) is 0 Å². The van der Waals surface area contributed by atoms with Gasteiger partial charge in [0.05, 0.1) is 0 Å². The van der Waals surface area contributed by atoms with Gasteiger partial charge in [-0.1, -0.05) is 277 Å². The van der Waals surface area contributed by atoms with Crippen molar-refractivity contribution in [2.24, 2.45) is 0 Å². The summed E-state index contributed by atoms with van der Waals surface area (Å²) in [5.74, 6) is -1.03. The zero-order valence-corrected chi connectivity index (χ0v) is 48.8. The lowest BCUT2D eigenvalue weighted by Gasteiger charge is -2.18. The lowest BCUT2D eigenvalue weighted by atomic mass is 10.0. The molecule has 0 amide bonds. The summed E-state index contributed by atoms with van der Waals surface area (Å²) in [5.41, 5.74) is 0. The van der Waals surface area contributed by atoms with Crippen molar-refractivity contribution in [2.75, 3.05) is 13.2 Å². The third-order valence-electron chi connectivity index (χ3n) is 13.0. The van der Waals surface area contributed by atoms with E-state index < -0.39 is 6.10 Å². The van der Waals surface area contributed by atoms with E-state index in [2.05, 4.69) is 136 Å². The van der Waals surface area contributed by atoms with Crippen LogP contribution in [-0.4, -0.2) is 37.2 Å². The molecule has 1 atom stereocenters. The van der Waals surface area contributed by atoms with Crippen LogP contribution in [0.1, 0.15) is 278 Å². The van der Waals surface area contributed by atoms with Crippen LogP contribution in [0, 0.1) is 0 Å². The van der Waals surface area contributed by atoms with Crippen LogP contribution in [0.3, 0.4) is 0 Å². The SMILES string of the molecule is CC/C=C\C/C=C\C/C=C\C/C=C\C/C=C\CCCCCC(=O)OC(COC(=O)CC/C=C\C/C=C\C/C=C\C/C=C\C/C=C\CCCCC)COC(=O)CCCCCCCCCCCCCCCCCCCCC. The first-order chi connectivity index (χ1) is 37.0. The summed E-state index contributed by atoms with van der Waals surface area (Å²) >= 11 is 0. The Morgan fingerprint density at radius 3 is 0.920 bits per heavy atom. The smallest absolute Gasteiger partial charge is 0.306 e. The number of hydrogen-bond donors (Lipinski definition) is 0. The normalized spacial score (nSPS) is 12.9. The second-order valence-corrected chi connectivity index (χ2v) is 20.2. The third-order valence-corrected chi connectivity index (χ3v) is 13.0. The van der Waals surface area contributed by atoms with Gasteiger partial charge in [-0.15, -0.1) is 0 Å². The summed E-state index contributed by atoms with van der Waals surface area (Å²) < 4.78 is 16.8. The molecule has 0 spiro atoms. The molecule has 0 rings (SSSR count). The lowest BCUT2D eigenvalue weighted by Crippen LogP contribution is -2.30. The van der Waals surface area contributed by atoms with Gasteiger partial charge in [0.1, 0.15) is 13.2 Å². The van der Waals surface area contributed by atoms with Gasteiger partial charge in [-0.25, -0.2) is 0 Å². The van der Waals surface area contributed by atoms with Crippen molar-refractivity contribution in [1.82, 2.24) is 0 Å². The largest absolute Gasteiger partial charge is 0.462 e. The second-order valence-electron chi connectivity index (χ2n) is 20.2. The van der Waals surface area contributed by atoms with Crippen LogP contribution in [0.25, 0.3) is 0 Å². The van der Waals surface area contributed by atoms with Crippen LogP contribution in [0.4, 0.5) is 0 Å². The van der Waals surface area contributed by atoms with Crippen LogP contribution in [0.15, 0.2) is 122 Å². The predicted octanol–water partition coefficient (Wildman–Crippen LogP) is 21.2. The molecule has 0 aliphatic heterocycles. The molecule has 0 aromatic carbocycles. The van der Waals surface area contributed by atoms with Crippen LogP contribution in [0.5, 0.6) is 0 Å². The molecule has 0 aromatic rings. The molecule has 0 N–H and O–H groups in total. The molecule has 0 aromatic heterocycles. The first-order valence-electron chi connectivity index (χ1n) is 31.0. The maximum absolute atomic E-state index is 12.9. The van der Waals surface area contributed by atoms with Crippen molar-refractivity contribution in [2.45, 2.75) is 284 Å². The number of carbonyl (C=O) groups is 3. The summed E-state index contributed by atoms with van der Waals surface area (Å²) in [7, 11) is 0. The maximum atomic E-state index is 12.9. The van der Waals surface area contributed by atoms with E-state index in [1.165, 1.54) is 128 Å². The van der Waals surface area contributed by atoms with Crippen molar-refractivity contribution in [1.29, 1.82) is 0 Å². The Hall–Kier alpha value is -4.19. The Morgan fingerprint density at radius 1 is 0.280 bits per heavy atom. The highest BCUT2D eigenvalue weighted by Gasteiger charge is 2.19. The maximum Gasteiger partial charge on any atom is 0.306 e.